The van der Waals surface area contributed by atoms with E-state index in [1.807, 2.05) is 18.5 Å². The van der Waals surface area contributed by atoms with Crippen LogP contribution in [0, 0.1) is 0 Å². The monoisotopic (exact) mass is 436 g/mol. The van der Waals surface area contributed by atoms with Crippen molar-refractivity contribution >= 4 is 28.9 Å². The van der Waals surface area contributed by atoms with Crippen LogP contribution in [0.3, 0.4) is 0 Å². The summed E-state index contributed by atoms with van der Waals surface area (Å²) in [7, 11) is 0. The second-order valence-corrected chi connectivity index (χ2v) is 9.61. The zero-order valence-corrected chi connectivity index (χ0v) is 17.8. The van der Waals surface area contributed by atoms with Gasteiger partial charge in [-0.25, -0.2) is 9.97 Å². The number of likely N-dealkylation sites (tertiary alicyclic amines) is 1. The predicted octanol–water partition coefficient (Wildman–Crippen LogP) is 2.58. The van der Waals surface area contributed by atoms with Gasteiger partial charge in [-0.1, -0.05) is 11.6 Å². The fourth-order valence-corrected chi connectivity index (χ4v) is 5.92. The number of piperidine rings is 1. The summed E-state index contributed by atoms with van der Waals surface area (Å²) in [6, 6.07) is 1.90. The van der Waals surface area contributed by atoms with Gasteiger partial charge in [0.15, 0.2) is 0 Å². The molecule has 156 valence electrons. The fourth-order valence-electron chi connectivity index (χ4n) is 4.43. The highest BCUT2D eigenvalue weighted by molar-refractivity contribution is 7.16. The summed E-state index contributed by atoms with van der Waals surface area (Å²) < 4.78 is 12.3. The molecular weight excluding hydrogens is 412 g/mol. The summed E-state index contributed by atoms with van der Waals surface area (Å²) in [4.78, 5) is 14.8. The van der Waals surface area contributed by atoms with Crippen molar-refractivity contribution in [3.63, 3.8) is 0 Å². The van der Waals surface area contributed by atoms with E-state index in [2.05, 4.69) is 19.8 Å². The van der Waals surface area contributed by atoms with Gasteiger partial charge in [0.25, 0.3) is 0 Å². The Hall–Kier alpha value is -1.29. The zero-order chi connectivity index (χ0) is 19.8. The topological polar surface area (TPSA) is 71.0 Å². The Balaban J connectivity index is 1.22. The Morgan fingerprint density at radius 1 is 1.17 bits per heavy atom. The van der Waals surface area contributed by atoms with Crippen molar-refractivity contribution in [3.8, 4) is 0 Å². The molecule has 3 aliphatic rings. The number of rotatable bonds is 3. The van der Waals surface area contributed by atoms with Crippen molar-refractivity contribution in [1.82, 2.24) is 14.9 Å². The maximum atomic E-state index is 10.2. The molecule has 1 N–H and O–H groups in total. The molecule has 0 radical (unpaired) electrons. The van der Waals surface area contributed by atoms with Crippen molar-refractivity contribution in [1.29, 1.82) is 0 Å². The highest BCUT2D eigenvalue weighted by Crippen LogP contribution is 2.49. The Morgan fingerprint density at radius 3 is 2.62 bits per heavy atom. The second-order valence-electron chi connectivity index (χ2n) is 7.92. The average Bonchev–Trinajstić information content (AvgIpc) is 3.17. The van der Waals surface area contributed by atoms with E-state index in [0.717, 1.165) is 85.1 Å². The summed E-state index contributed by atoms with van der Waals surface area (Å²) in [6.45, 7) is 6.19. The van der Waals surface area contributed by atoms with Crippen LogP contribution in [0.4, 0.5) is 5.95 Å². The van der Waals surface area contributed by atoms with Crippen LogP contribution in [0.15, 0.2) is 18.5 Å². The summed E-state index contributed by atoms with van der Waals surface area (Å²) in [6.07, 6.45) is 5.10. The number of nitrogens with zero attached hydrogens (tertiary/aromatic N) is 4. The van der Waals surface area contributed by atoms with E-state index in [-0.39, 0.29) is 5.60 Å². The molecule has 0 aromatic carbocycles. The first kappa shape index (κ1) is 19.7. The number of thiophene rings is 1. The lowest BCUT2D eigenvalue weighted by Crippen LogP contribution is -2.46. The van der Waals surface area contributed by atoms with Crippen molar-refractivity contribution < 1.29 is 14.6 Å². The van der Waals surface area contributed by atoms with Gasteiger partial charge in [-0.05, 0) is 18.9 Å². The van der Waals surface area contributed by atoms with Gasteiger partial charge in [0.1, 0.15) is 11.7 Å². The maximum absolute atomic E-state index is 10.2. The van der Waals surface area contributed by atoms with Gasteiger partial charge in [0, 0.05) is 61.1 Å². The molecule has 0 saturated carbocycles. The molecule has 0 amide bonds. The lowest BCUT2D eigenvalue weighted by atomic mass is 9.84. The predicted molar refractivity (Wildman–Crippen MR) is 111 cm³/mol. The van der Waals surface area contributed by atoms with Gasteiger partial charge >= 0.3 is 0 Å². The standard InChI is InChI=1S/C20H25ClN4O3S/c21-17-9-15-16(26)13-28-20(18(15)29-17)1-3-24(4-2-20)12-14-10-22-19(23-11-14)25-5-7-27-8-6-25/h9-11,16,26H,1-8,12-13H2/t16-/m0/s1. The van der Waals surface area contributed by atoms with Crippen molar-refractivity contribution in [2.45, 2.75) is 31.1 Å². The molecule has 0 aliphatic carbocycles. The highest BCUT2D eigenvalue weighted by Gasteiger charge is 2.44. The summed E-state index contributed by atoms with van der Waals surface area (Å²) in [5.41, 5.74) is 1.77. The Bertz CT molecular complexity index is 848. The van der Waals surface area contributed by atoms with E-state index in [9.17, 15) is 5.11 Å². The van der Waals surface area contributed by atoms with E-state index in [4.69, 9.17) is 21.1 Å². The Morgan fingerprint density at radius 2 is 1.90 bits per heavy atom. The highest BCUT2D eigenvalue weighted by atomic mass is 35.5. The number of morpholine rings is 1. The van der Waals surface area contributed by atoms with Gasteiger partial charge in [0.05, 0.1) is 24.2 Å². The molecule has 9 heteroatoms. The molecule has 0 unspecified atom stereocenters. The van der Waals surface area contributed by atoms with E-state index < -0.39 is 6.10 Å². The molecule has 2 aromatic heterocycles. The number of aliphatic hydroxyl groups excluding tert-OH is 1. The van der Waals surface area contributed by atoms with Crippen molar-refractivity contribution in [2.24, 2.45) is 0 Å². The molecule has 1 spiro atoms. The van der Waals surface area contributed by atoms with Crippen LogP contribution < -0.4 is 4.90 Å². The molecule has 7 nitrogen and oxygen atoms in total. The number of hydrogen-bond donors (Lipinski definition) is 1. The minimum absolute atomic E-state index is 0.306. The summed E-state index contributed by atoms with van der Waals surface area (Å²) in [5, 5.41) is 10.2. The molecular formula is C20H25ClN4O3S. The number of fused-ring (bicyclic) bond motifs is 2. The molecule has 0 bridgehead atoms. The molecule has 2 fully saturated rings. The molecule has 3 aliphatic heterocycles. The minimum atomic E-state index is -0.570. The van der Waals surface area contributed by atoms with E-state index in [1.54, 1.807) is 11.3 Å². The number of aromatic nitrogens is 2. The SMILES string of the molecule is O[C@H]1COC2(CCN(Cc3cnc(N4CCOCC4)nc3)CC2)c2sc(Cl)cc21. The third-order valence-corrected chi connectivity index (χ3v) is 7.54. The Kier molecular flexibility index (Phi) is 5.49. The van der Waals surface area contributed by atoms with Gasteiger partial charge in [0.2, 0.25) is 5.95 Å². The maximum Gasteiger partial charge on any atom is 0.225 e. The lowest BCUT2D eigenvalue weighted by molar-refractivity contribution is -0.129. The minimum Gasteiger partial charge on any atom is -0.386 e. The number of anilines is 1. The molecule has 2 saturated heterocycles. The smallest absolute Gasteiger partial charge is 0.225 e. The lowest BCUT2D eigenvalue weighted by Gasteiger charge is -2.44. The molecule has 1 atom stereocenters. The van der Waals surface area contributed by atoms with Gasteiger partial charge < -0.3 is 19.5 Å². The first-order valence-electron chi connectivity index (χ1n) is 10.1. The normalized spacial score (nSPS) is 24.6. The van der Waals surface area contributed by atoms with Crippen LogP contribution in [0.5, 0.6) is 0 Å². The zero-order valence-electron chi connectivity index (χ0n) is 16.2. The summed E-state index contributed by atoms with van der Waals surface area (Å²) >= 11 is 7.79. The molecule has 29 heavy (non-hydrogen) atoms. The first-order chi connectivity index (χ1) is 14.1. The van der Waals surface area contributed by atoms with E-state index in [0.29, 0.717) is 6.61 Å². The quantitative estimate of drug-likeness (QED) is 0.792. The molecule has 2 aromatic rings. The Labute approximate surface area is 179 Å². The van der Waals surface area contributed by atoms with E-state index >= 15 is 0 Å². The van der Waals surface area contributed by atoms with Crippen LogP contribution >= 0.6 is 22.9 Å². The largest absolute Gasteiger partial charge is 0.386 e. The third kappa shape index (κ3) is 3.89. The number of halogens is 1. The average molecular weight is 437 g/mol. The van der Waals surface area contributed by atoms with Crippen molar-refractivity contribution in [3.05, 3.63) is 38.8 Å². The number of hydrogen-bond acceptors (Lipinski definition) is 8. The van der Waals surface area contributed by atoms with Crippen molar-refractivity contribution in [2.75, 3.05) is 50.9 Å². The summed E-state index contributed by atoms with van der Waals surface area (Å²) in [5.74, 6) is 0.783. The van der Waals surface area contributed by atoms with Gasteiger partial charge in [-0.2, -0.15) is 0 Å². The van der Waals surface area contributed by atoms with Crippen LogP contribution in [0.1, 0.15) is 34.9 Å². The number of ether oxygens (including phenoxy) is 2. The second kappa shape index (κ2) is 8.09. The third-order valence-electron chi connectivity index (χ3n) is 6.08. The van der Waals surface area contributed by atoms with Crippen LogP contribution in [-0.2, 0) is 21.6 Å². The first-order valence-corrected chi connectivity index (χ1v) is 11.3. The van der Waals surface area contributed by atoms with Crippen LogP contribution in [0.2, 0.25) is 4.34 Å². The van der Waals surface area contributed by atoms with E-state index in [1.165, 1.54) is 0 Å². The molecule has 5 heterocycles. The van der Waals surface area contributed by atoms with Crippen LogP contribution in [-0.4, -0.2) is 66.0 Å². The fraction of sp³-hybridized carbons (Fsp3) is 0.600. The van der Waals surface area contributed by atoms with Gasteiger partial charge in [-0.3, -0.25) is 4.90 Å². The molecule has 5 rings (SSSR count). The number of aliphatic hydroxyl groups is 1. The van der Waals surface area contributed by atoms with Gasteiger partial charge in [-0.15, -0.1) is 11.3 Å². The van der Waals surface area contributed by atoms with Crippen LogP contribution in [0.25, 0.3) is 0 Å².